The molecule has 3 heterocycles. The Morgan fingerprint density at radius 2 is 1.57 bits per heavy atom. The fourth-order valence-electron chi connectivity index (χ4n) is 7.28. The number of aromatic amines is 1. The number of methoxy groups -OCH3 is 2. The van der Waals surface area contributed by atoms with Gasteiger partial charge in [-0.25, -0.2) is 9.65 Å². The minimum Gasteiger partial charge on any atom is -0.497 e. The first-order chi connectivity index (χ1) is 28.9. The number of amides is 1. The number of nitriles is 1. The minimum atomic E-state index is -1.70. The number of fused-ring (bicyclic) bond motifs is 1. The van der Waals surface area contributed by atoms with E-state index in [0.717, 1.165) is 16.7 Å². The van der Waals surface area contributed by atoms with Crippen LogP contribution in [0.2, 0.25) is 0 Å². The number of benzene rings is 3. The van der Waals surface area contributed by atoms with Crippen LogP contribution in [0.5, 0.6) is 11.5 Å². The molecule has 1 amide bonds. The summed E-state index contributed by atoms with van der Waals surface area (Å²) in [5, 5.41) is 12.1. The van der Waals surface area contributed by atoms with E-state index in [1.807, 2.05) is 78.9 Å². The highest BCUT2D eigenvalue weighted by molar-refractivity contribution is 7.44. The molecule has 1 aliphatic rings. The van der Waals surface area contributed by atoms with Gasteiger partial charge in [-0.15, -0.1) is 0 Å². The van der Waals surface area contributed by atoms with Gasteiger partial charge in [0.1, 0.15) is 29.4 Å². The number of nitrogens with zero attached hydrogens (tertiary/aromatic N) is 5. The molecule has 3 aromatic carbocycles. The second-order valence-corrected chi connectivity index (χ2v) is 16.7. The van der Waals surface area contributed by atoms with Gasteiger partial charge in [0.2, 0.25) is 11.9 Å². The normalized spacial score (nSPS) is 17.4. The van der Waals surface area contributed by atoms with Gasteiger partial charge in [0.25, 0.3) is 14.1 Å². The van der Waals surface area contributed by atoms with Gasteiger partial charge in [-0.2, -0.15) is 10.2 Å². The second kappa shape index (κ2) is 19.9. The minimum absolute atomic E-state index is 0.00387. The highest BCUT2D eigenvalue weighted by atomic mass is 31.2. The molecule has 1 unspecified atom stereocenters. The molecule has 0 bridgehead atoms. The van der Waals surface area contributed by atoms with E-state index in [1.54, 1.807) is 32.6 Å². The van der Waals surface area contributed by atoms with Crippen molar-refractivity contribution in [3.63, 3.8) is 0 Å². The Bertz CT molecular complexity index is 2220. The van der Waals surface area contributed by atoms with E-state index in [2.05, 4.69) is 58.7 Å². The van der Waals surface area contributed by atoms with Crippen molar-refractivity contribution < 1.29 is 32.8 Å². The third-order valence-corrected chi connectivity index (χ3v) is 12.4. The van der Waals surface area contributed by atoms with Crippen LogP contribution < -0.4 is 20.3 Å². The number of nitrogens with one attached hydrogen (secondary N) is 2. The van der Waals surface area contributed by atoms with Gasteiger partial charge in [0, 0.05) is 24.4 Å². The predicted octanol–water partition coefficient (Wildman–Crippen LogP) is 7.69. The summed E-state index contributed by atoms with van der Waals surface area (Å²) in [6, 6.07) is 27.8. The Morgan fingerprint density at radius 1 is 0.967 bits per heavy atom. The standard InChI is InChI=1S/C44H54N7O8P/c1-28(2)41(52)48-43-47-40-39(42(53)49-43)46-27-50(40)38-25-36(59-60(57-24-12-23-45)51(29(3)4)30(5)6)37(58-38)26-56-44(31-13-10-9-11-14-31,32-15-19-34(54-7)20-16-32)33-17-21-35(55-8)22-18-33/h9-11,13-22,27-30,36-38H,12,24-26H2,1-8H3,(H2,47,48,49,52,53)/t36-,37+,38+,60?/m1/s1. The third-order valence-electron chi connectivity index (χ3n) is 10.2. The van der Waals surface area contributed by atoms with Crippen molar-refractivity contribution in [3.8, 4) is 17.6 Å². The molecule has 1 fully saturated rings. The molecule has 6 rings (SSSR count). The first-order valence-corrected chi connectivity index (χ1v) is 21.2. The van der Waals surface area contributed by atoms with E-state index in [4.69, 9.17) is 28.0 Å². The zero-order valence-electron chi connectivity index (χ0n) is 35.3. The average molecular weight is 840 g/mol. The molecular weight excluding hydrogens is 785 g/mol. The van der Waals surface area contributed by atoms with Crippen LogP contribution >= 0.6 is 8.53 Å². The summed E-state index contributed by atoms with van der Waals surface area (Å²) in [6.07, 6.45) is -0.0106. The number of carbonyl (C=O) groups is 1. The van der Waals surface area contributed by atoms with Crippen molar-refractivity contribution in [2.75, 3.05) is 32.8 Å². The zero-order chi connectivity index (χ0) is 43.0. The lowest BCUT2D eigenvalue weighted by molar-refractivity contribution is -0.118. The van der Waals surface area contributed by atoms with Crippen LogP contribution in [0.15, 0.2) is 90.0 Å². The molecule has 1 aliphatic heterocycles. The SMILES string of the molecule is COc1ccc(C(OC[C@@H]2O[C@H](n3cnc4c(=O)[nH]c(NC(=O)C(C)C)nc43)C[C@H]2OP(OCCC#N)N(C(C)C)C(C)C)(c2ccccc2)c2ccc(OC)cc2)cc1. The fourth-order valence-corrected chi connectivity index (χ4v) is 9.04. The van der Waals surface area contributed by atoms with Crippen LogP contribution in [0.4, 0.5) is 5.95 Å². The summed E-state index contributed by atoms with van der Waals surface area (Å²) in [5.41, 5.74) is 1.24. The number of imidazole rings is 1. The molecule has 5 aromatic rings. The van der Waals surface area contributed by atoms with Crippen LogP contribution in [-0.2, 0) is 28.9 Å². The number of anilines is 1. The highest BCUT2D eigenvalue weighted by Crippen LogP contribution is 2.51. The van der Waals surface area contributed by atoms with Crippen molar-refractivity contribution in [1.82, 2.24) is 24.2 Å². The molecule has 16 heteroatoms. The molecule has 318 valence electrons. The molecular formula is C44H54N7O8P. The van der Waals surface area contributed by atoms with Crippen molar-refractivity contribution in [1.29, 1.82) is 5.26 Å². The lowest BCUT2D eigenvalue weighted by Crippen LogP contribution is -2.39. The van der Waals surface area contributed by atoms with Crippen LogP contribution in [0.25, 0.3) is 11.2 Å². The van der Waals surface area contributed by atoms with E-state index in [-0.39, 0.29) is 60.7 Å². The summed E-state index contributed by atoms with van der Waals surface area (Å²) in [6.45, 7) is 12.0. The Morgan fingerprint density at radius 3 is 2.12 bits per heavy atom. The average Bonchev–Trinajstić information content (AvgIpc) is 3.85. The van der Waals surface area contributed by atoms with E-state index in [0.29, 0.717) is 17.9 Å². The lowest BCUT2D eigenvalue weighted by Gasteiger charge is -2.39. The Kier molecular flexibility index (Phi) is 14.7. The highest BCUT2D eigenvalue weighted by Gasteiger charge is 2.45. The monoisotopic (exact) mass is 839 g/mol. The molecule has 2 N–H and O–H groups in total. The number of carbonyl (C=O) groups excluding carboxylic acids is 1. The van der Waals surface area contributed by atoms with Crippen molar-refractivity contribution >= 4 is 31.5 Å². The number of hydrogen-bond donors (Lipinski definition) is 2. The maximum absolute atomic E-state index is 13.2. The number of aromatic nitrogens is 4. The summed E-state index contributed by atoms with van der Waals surface area (Å²) in [7, 11) is 1.56. The summed E-state index contributed by atoms with van der Waals surface area (Å²) >= 11 is 0. The molecule has 60 heavy (non-hydrogen) atoms. The van der Waals surface area contributed by atoms with E-state index < -0.39 is 38.1 Å². The zero-order valence-corrected chi connectivity index (χ0v) is 36.2. The van der Waals surface area contributed by atoms with E-state index in [9.17, 15) is 14.9 Å². The van der Waals surface area contributed by atoms with Crippen LogP contribution in [-0.4, -0.2) is 81.8 Å². The van der Waals surface area contributed by atoms with Crippen molar-refractivity contribution in [3.05, 3.63) is 112 Å². The fraction of sp³-hybridized carbons (Fsp3) is 0.432. The predicted molar refractivity (Wildman–Crippen MR) is 228 cm³/mol. The van der Waals surface area contributed by atoms with E-state index in [1.165, 1.54) is 6.33 Å². The second-order valence-electron chi connectivity index (χ2n) is 15.3. The van der Waals surface area contributed by atoms with Gasteiger partial charge in [-0.1, -0.05) is 68.4 Å². The lowest BCUT2D eigenvalue weighted by atomic mass is 9.80. The maximum atomic E-state index is 13.2. The Labute approximate surface area is 351 Å². The number of hydrogen-bond acceptors (Lipinski definition) is 12. The summed E-state index contributed by atoms with van der Waals surface area (Å²) in [4.78, 5) is 37.4. The number of rotatable bonds is 19. The van der Waals surface area contributed by atoms with Gasteiger partial charge in [0.15, 0.2) is 11.2 Å². The Hall–Kier alpha value is -5.20. The molecule has 0 radical (unpaired) electrons. The smallest absolute Gasteiger partial charge is 0.280 e. The molecule has 0 saturated carbocycles. The number of ether oxygens (including phenoxy) is 4. The van der Waals surface area contributed by atoms with Crippen LogP contribution in [0, 0.1) is 17.2 Å². The van der Waals surface area contributed by atoms with Gasteiger partial charge < -0.3 is 28.0 Å². The molecule has 2 aromatic heterocycles. The molecule has 1 saturated heterocycles. The first-order valence-electron chi connectivity index (χ1n) is 20.1. The van der Waals surface area contributed by atoms with E-state index >= 15 is 0 Å². The van der Waals surface area contributed by atoms with Gasteiger partial charge in [0.05, 0.1) is 52.4 Å². The quantitative estimate of drug-likeness (QED) is 0.0472. The summed E-state index contributed by atoms with van der Waals surface area (Å²) < 4.78 is 42.5. The first kappa shape index (κ1) is 44.4. The maximum Gasteiger partial charge on any atom is 0.280 e. The van der Waals surface area contributed by atoms with Gasteiger partial charge in [-0.3, -0.25) is 24.5 Å². The topological polar surface area (TPSA) is 175 Å². The van der Waals surface area contributed by atoms with Gasteiger partial charge in [-0.05, 0) is 68.7 Å². The summed E-state index contributed by atoms with van der Waals surface area (Å²) in [5.74, 6) is 0.758. The molecule has 15 nitrogen and oxygen atoms in total. The van der Waals surface area contributed by atoms with Crippen molar-refractivity contribution in [2.45, 2.75) is 90.5 Å². The van der Waals surface area contributed by atoms with Crippen molar-refractivity contribution in [2.24, 2.45) is 5.92 Å². The molecule has 0 spiro atoms. The Balaban J connectivity index is 1.45. The largest absolute Gasteiger partial charge is 0.497 e. The third kappa shape index (κ3) is 9.71. The van der Waals surface area contributed by atoms with Crippen LogP contribution in [0.3, 0.4) is 0 Å². The van der Waals surface area contributed by atoms with Crippen LogP contribution in [0.1, 0.15) is 77.3 Å². The molecule has 0 aliphatic carbocycles. The number of H-pyrrole nitrogens is 1. The van der Waals surface area contributed by atoms with Gasteiger partial charge >= 0.3 is 0 Å². The molecule has 4 atom stereocenters.